The smallest absolute Gasteiger partial charge is 0.338 e. The summed E-state index contributed by atoms with van der Waals surface area (Å²) >= 11 is 0. The van der Waals surface area contributed by atoms with E-state index in [2.05, 4.69) is 6.92 Å². The molecule has 0 aliphatic carbocycles. The van der Waals surface area contributed by atoms with Crippen molar-refractivity contribution < 1.29 is 24.1 Å². The van der Waals surface area contributed by atoms with Crippen LogP contribution in [0.1, 0.15) is 87.6 Å². The Morgan fingerprint density at radius 2 is 1.48 bits per heavy atom. The predicted molar refractivity (Wildman–Crippen MR) is 132 cm³/mol. The van der Waals surface area contributed by atoms with E-state index in [0.29, 0.717) is 43.1 Å². The van der Waals surface area contributed by atoms with Gasteiger partial charge in [-0.05, 0) is 62.6 Å². The Bertz CT molecular complexity index is 800. The van der Waals surface area contributed by atoms with Crippen molar-refractivity contribution in [3.8, 4) is 17.2 Å². The summed E-state index contributed by atoms with van der Waals surface area (Å²) in [6, 6.07) is 12.7. The van der Waals surface area contributed by atoms with Gasteiger partial charge in [0.15, 0.2) is 0 Å². The molecule has 0 atom stereocenters. The molecule has 0 aliphatic rings. The summed E-state index contributed by atoms with van der Waals surface area (Å²) in [7, 11) is 0. The maximum Gasteiger partial charge on any atom is 0.338 e. The number of aliphatic hydroxyl groups excluding tert-OH is 1. The molecule has 0 aromatic heterocycles. The summed E-state index contributed by atoms with van der Waals surface area (Å²) in [4.78, 5) is 11.9. The van der Waals surface area contributed by atoms with Gasteiger partial charge in [0.05, 0.1) is 18.8 Å². The van der Waals surface area contributed by atoms with Gasteiger partial charge < -0.3 is 19.3 Å². The van der Waals surface area contributed by atoms with Crippen molar-refractivity contribution in [2.75, 3.05) is 19.8 Å². The van der Waals surface area contributed by atoms with Gasteiger partial charge in [-0.15, -0.1) is 0 Å². The molecular weight excluding hydrogens is 416 g/mol. The van der Waals surface area contributed by atoms with E-state index >= 15 is 0 Å². The van der Waals surface area contributed by atoms with E-state index in [1.165, 1.54) is 44.9 Å². The number of esters is 1. The van der Waals surface area contributed by atoms with Crippen molar-refractivity contribution in [1.29, 1.82) is 0 Å². The molecule has 0 fully saturated rings. The van der Waals surface area contributed by atoms with Gasteiger partial charge in [0.1, 0.15) is 17.2 Å². The van der Waals surface area contributed by atoms with Crippen LogP contribution in [0.2, 0.25) is 0 Å². The Morgan fingerprint density at radius 1 is 0.818 bits per heavy atom. The van der Waals surface area contributed by atoms with E-state index in [1.807, 2.05) is 18.2 Å². The number of carbonyl (C=O) groups excluding carboxylic acids is 1. The largest absolute Gasteiger partial charge is 0.493 e. The van der Waals surface area contributed by atoms with E-state index in [4.69, 9.17) is 14.2 Å². The number of unbranched alkanes of at least 4 members (excludes halogenated alkanes) is 7. The predicted octanol–water partition coefficient (Wildman–Crippen LogP) is 7.10. The van der Waals surface area contributed by atoms with Crippen LogP contribution < -0.4 is 9.47 Å². The highest BCUT2D eigenvalue weighted by Gasteiger charge is 2.13. The first-order valence-corrected chi connectivity index (χ1v) is 12.5. The standard InChI is InChI=1S/C28H40O5/c1-3-5-6-7-8-9-10-11-22-32-26-15-12-16-27(25(26)14-13-21-29)33-24-19-17-23(18-20-24)28(30)31-4-2/h12,15-20,29H,3-11,13-14,21-22H2,1-2H3. The molecule has 5 nitrogen and oxygen atoms in total. The lowest BCUT2D eigenvalue weighted by Gasteiger charge is -2.16. The molecule has 182 valence electrons. The van der Waals surface area contributed by atoms with Gasteiger partial charge in [-0.2, -0.15) is 0 Å². The molecule has 0 saturated heterocycles. The Hall–Kier alpha value is -2.53. The van der Waals surface area contributed by atoms with Crippen LogP contribution in [0.5, 0.6) is 17.2 Å². The normalized spacial score (nSPS) is 10.8. The highest BCUT2D eigenvalue weighted by Crippen LogP contribution is 2.33. The van der Waals surface area contributed by atoms with Gasteiger partial charge in [0.2, 0.25) is 0 Å². The van der Waals surface area contributed by atoms with Gasteiger partial charge in [-0.3, -0.25) is 0 Å². The van der Waals surface area contributed by atoms with Crippen molar-refractivity contribution >= 4 is 5.97 Å². The van der Waals surface area contributed by atoms with Crippen LogP contribution in [0.3, 0.4) is 0 Å². The number of benzene rings is 2. The minimum Gasteiger partial charge on any atom is -0.493 e. The lowest BCUT2D eigenvalue weighted by atomic mass is 10.1. The maximum atomic E-state index is 11.9. The molecule has 1 N–H and O–H groups in total. The third kappa shape index (κ3) is 9.87. The second-order valence-electron chi connectivity index (χ2n) is 8.23. The van der Waals surface area contributed by atoms with Crippen molar-refractivity contribution in [3.05, 3.63) is 53.6 Å². The van der Waals surface area contributed by atoms with Crippen LogP contribution in [-0.4, -0.2) is 30.9 Å². The lowest BCUT2D eigenvalue weighted by Crippen LogP contribution is -2.04. The summed E-state index contributed by atoms with van der Waals surface area (Å²) in [6.45, 7) is 5.16. The molecular formula is C28H40O5. The summed E-state index contributed by atoms with van der Waals surface area (Å²) < 4.78 is 17.3. The van der Waals surface area contributed by atoms with Crippen molar-refractivity contribution in [2.45, 2.75) is 78.1 Å². The molecule has 0 radical (unpaired) electrons. The van der Waals surface area contributed by atoms with Crippen molar-refractivity contribution in [2.24, 2.45) is 0 Å². The zero-order chi connectivity index (χ0) is 23.7. The zero-order valence-corrected chi connectivity index (χ0v) is 20.3. The molecule has 0 spiro atoms. The first kappa shape index (κ1) is 26.7. The molecule has 0 unspecified atom stereocenters. The second kappa shape index (κ2) is 16.1. The average Bonchev–Trinajstić information content (AvgIpc) is 2.83. The average molecular weight is 457 g/mol. The van der Waals surface area contributed by atoms with Crippen LogP contribution in [0.15, 0.2) is 42.5 Å². The molecule has 5 heteroatoms. The fraction of sp³-hybridized carbons (Fsp3) is 0.536. The van der Waals surface area contributed by atoms with Gasteiger partial charge in [-0.25, -0.2) is 4.79 Å². The van der Waals surface area contributed by atoms with Gasteiger partial charge in [0.25, 0.3) is 0 Å². The fourth-order valence-corrected chi connectivity index (χ4v) is 3.70. The van der Waals surface area contributed by atoms with E-state index in [9.17, 15) is 9.90 Å². The third-order valence-electron chi connectivity index (χ3n) is 5.52. The lowest BCUT2D eigenvalue weighted by molar-refractivity contribution is 0.0526. The molecule has 0 amide bonds. The molecule has 0 heterocycles. The summed E-state index contributed by atoms with van der Waals surface area (Å²) in [5.41, 5.74) is 1.45. The first-order chi connectivity index (χ1) is 16.2. The van der Waals surface area contributed by atoms with Gasteiger partial charge >= 0.3 is 5.97 Å². The minimum absolute atomic E-state index is 0.111. The molecule has 2 aromatic carbocycles. The second-order valence-corrected chi connectivity index (χ2v) is 8.23. The SMILES string of the molecule is CCCCCCCCCCOc1cccc(Oc2ccc(C(=O)OCC)cc2)c1CCCO. The monoisotopic (exact) mass is 456 g/mol. The van der Waals surface area contributed by atoms with Crippen LogP contribution in [0.25, 0.3) is 0 Å². The molecule has 0 saturated carbocycles. The number of rotatable bonds is 17. The van der Waals surface area contributed by atoms with E-state index in [-0.39, 0.29) is 12.6 Å². The van der Waals surface area contributed by atoms with Crippen molar-refractivity contribution in [1.82, 2.24) is 0 Å². The Morgan fingerprint density at radius 3 is 2.15 bits per heavy atom. The number of ether oxygens (including phenoxy) is 3. The van der Waals surface area contributed by atoms with Crippen LogP contribution >= 0.6 is 0 Å². The van der Waals surface area contributed by atoms with Gasteiger partial charge in [-0.1, -0.05) is 57.9 Å². The summed E-state index contributed by atoms with van der Waals surface area (Å²) in [5.74, 6) is 1.81. The molecule has 2 rings (SSSR count). The number of hydrogen-bond acceptors (Lipinski definition) is 5. The van der Waals surface area contributed by atoms with Crippen LogP contribution in [0, 0.1) is 0 Å². The Labute approximate surface area is 199 Å². The molecule has 33 heavy (non-hydrogen) atoms. The molecule has 2 aromatic rings. The highest BCUT2D eigenvalue weighted by atomic mass is 16.5. The Kier molecular flexibility index (Phi) is 13.1. The maximum absolute atomic E-state index is 11.9. The number of aliphatic hydroxyl groups is 1. The number of hydrogen-bond donors (Lipinski definition) is 1. The van der Waals surface area contributed by atoms with Crippen molar-refractivity contribution in [3.63, 3.8) is 0 Å². The molecule has 0 aliphatic heterocycles. The van der Waals surface area contributed by atoms with Gasteiger partial charge in [0, 0.05) is 12.2 Å². The van der Waals surface area contributed by atoms with E-state index in [0.717, 1.165) is 17.7 Å². The van der Waals surface area contributed by atoms with Crippen LogP contribution in [-0.2, 0) is 11.2 Å². The Balaban J connectivity index is 1.94. The molecule has 0 bridgehead atoms. The summed E-state index contributed by atoms with van der Waals surface area (Å²) in [5, 5.41) is 9.35. The van der Waals surface area contributed by atoms with Crippen LogP contribution in [0.4, 0.5) is 0 Å². The first-order valence-electron chi connectivity index (χ1n) is 12.5. The zero-order valence-electron chi connectivity index (χ0n) is 20.3. The fourth-order valence-electron chi connectivity index (χ4n) is 3.70. The van der Waals surface area contributed by atoms with E-state index in [1.54, 1.807) is 31.2 Å². The third-order valence-corrected chi connectivity index (χ3v) is 5.52. The summed E-state index contributed by atoms with van der Waals surface area (Å²) in [6.07, 6.45) is 11.4. The number of carbonyl (C=O) groups is 1. The minimum atomic E-state index is -0.343. The van der Waals surface area contributed by atoms with E-state index < -0.39 is 0 Å². The topological polar surface area (TPSA) is 65.0 Å². The highest BCUT2D eigenvalue weighted by molar-refractivity contribution is 5.89. The quantitative estimate of drug-likeness (QED) is 0.203.